The first-order valence-corrected chi connectivity index (χ1v) is 6.49. The molecule has 0 fully saturated rings. The molecule has 1 amide bonds. The first-order valence-electron chi connectivity index (χ1n) is 6.49. The fraction of sp³-hybridized carbons (Fsp3) is 0.188. The molecule has 1 atom stereocenters. The fourth-order valence-electron chi connectivity index (χ4n) is 1.84. The topological polar surface area (TPSA) is 41.1 Å². The normalized spacial score (nSPS) is 11.9. The standard InChI is InChI=1S/C16H17FN2O/c1-12(13-5-3-2-4-6-13)18-11-16(20)19-15-9-7-14(17)8-10-15/h2-10,12,18H,11H2,1H3,(H,19,20). The Balaban J connectivity index is 1.82. The molecule has 104 valence electrons. The molecule has 3 nitrogen and oxygen atoms in total. The molecule has 0 spiro atoms. The van der Waals surface area contributed by atoms with Crippen LogP contribution in [-0.4, -0.2) is 12.5 Å². The summed E-state index contributed by atoms with van der Waals surface area (Å²) in [6, 6.07) is 15.7. The number of hydrogen-bond acceptors (Lipinski definition) is 2. The van der Waals surface area contributed by atoms with Crippen molar-refractivity contribution < 1.29 is 9.18 Å². The number of halogens is 1. The highest BCUT2D eigenvalue weighted by atomic mass is 19.1. The van der Waals surface area contributed by atoms with E-state index in [4.69, 9.17) is 0 Å². The Morgan fingerprint density at radius 3 is 2.40 bits per heavy atom. The Bertz CT molecular complexity index is 554. The monoisotopic (exact) mass is 272 g/mol. The van der Waals surface area contributed by atoms with Crippen molar-refractivity contribution in [3.63, 3.8) is 0 Å². The minimum absolute atomic E-state index is 0.0927. The van der Waals surface area contributed by atoms with Crippen molar-refractivity contribution in [2.75, 3.05) is 11.9 Å². The number of benzene rings is 2. The van der Waals surface area contributed by atoms with Gasteiger partial charge >= 0.3 is 0 Å². The van der Waals surface area contributed by atoms with E-state index in [9.17, 15) is 9.18 Å². The zero-order valence-electron chi connectivity index (χ0n) is 11.3. The van der Waals surface area contributed by atoms with Crippen molar-refractivity contribution in [3.05, 3.63) is 66.0 Å². The Morgan fingerprint density at radius 1 is 1.10 bits per heavy atom. The molecular weight excluding hydrogens is 255 g/mol. The second-order valence-corrected chi connectivity index (χ2v) is 4.57. The Labute approximate surface area is 117 Å². The van der Waals surface area contributed by atoms with E-state index in [1.165, 1.54) is 24.3 Å². The Kier molecular flexibility index (Phi) is 4.85. The third-order valence-corrected chi connectivity index (χ3v) is 3.00. The summed E-state index contributed by atoms with van der Waals surface area (Å²) in [6.07, 6.45) is 0. The van der Waals surface area contributed by atoms with E-state index in [-0.39, 0.29) is 24.3 Å². The van der Waals surface area contributed by atoms with Crippen molar-refractivity contribution in [1.82, 2.24) is 5.32 Å². The largest absolute Gasteiger partial charge is 0.325 e. The summed E-state index contributed by atoms with van der Waals surface area (Å²) in [6.45, 7) is 2.20. The maximum Gasteiger partial charge on any atom is 0.238 e. The average molecular weight is 272 g/mol. The van der Waals surface area contributed by atoms with Gasteiger partial charge in [0.15, 0.2) is 0 Å². The molecule has 0 heterocycles. The molecule has 2 aromatic carbocycles. The van der Waals surface area contributed by atoms with Crippen LogP contribution in [0.1, 0.15) is 18.5 Å². The molecule has 0 aromatic heterocycles. The predicted molar refractivity (Wildman–Crippen MR) is 77.9 cm³/mol. The van der Waals surface area contributed by atoms with Gasteiger partial charge in [0.2, 0.25) is 5.91 Å². The van der Waals surface area contributed by atoms with E-state index in [0.29, 0.717) is 5.69 Å². The van der Waals surface area contributed by atoms with Gasteiger partial charge in [-0.05, 0) is 36.8 Å². The molecule has 0 aliphatic rings. The molecule has 0 radical (unpaired) electrons. The number of carbonyl (C=O) groups is 1. The van der Waals surface area contributed by atoms with Crippen molar-refractivity contribution >= 4 is 11.6 Å². The third-order valence-electron chi connectivity index (χ3n) is 3.00. The number of amides is 1. The molecule has 4 heteroatoms. The lowest BCUT2D eigenvalue weighted by molar-refractivity contribution is -0.115. The van der Waals surface area contributed by atoms with Gasteiger partial charge < -0.3 is 10.6 Å². The molecule has 0 bridgehead atoms. The lowest BCUT2D eigenvalue weighted by atomic mass is 10.1. The van der Waals surface area contributed by atoms with Crippen molar-refractivity contribution in [2.45, 2.75) is 13.0 Å². The summed E-state index contributed by atoms with van der Waals surface area (Å²) in [5, 5.41) is 5.85. The van der Waals surface area contributed by atoms with Gasteiger partial charge in [0.1, 0.15) is 5.82 Å². The number of anilines is 1. The first-order chi connectivity index (χ1) is 9.65. The second kappa shape index (κ2) is 6.82. The maximum absolute atomic E-state index is 12.7. The van der Waals surface area contributed by atoms with Crippen LogP contribution in [0.15, 0.2) is 54.6 Å². The van der Waals surface area contributed by atoms with E-state index in [2.05, 4.69) is 10.6 Å². The highest BCUT2D eigenvalue weighted by molar-refractivity contribution is 5.92. The first kappa shape index (κ1) is 14.2. The van der Waals surface area contributed by atoms with Crippen LogP contribution in [0.4, 0.5) is 10.1 Å². The van der Waals surface area contributed by atoms with E-state index < -0.39 is 0 Å². The van der Waals surface area contributed by atoms with E-state index in [1.54, 1.807) is 0 Å². The Morgan fingerprint density at radius 2 is 1.75 bits per heavy atom. The molecule has 2 N–H and O–H groups in total. The van der Waals surface area contributed by atoms with E-state index in [0.717, 1.165) is 5.56 Å². The van der Waals surface area contributed by atoms with Gasteiger partial charge in [0.25, 0.3) is 0 Å². The summed E-state index contributed by atoms with van der Waals surface area (Å²) >= 11 is 0. The van der Waals surface area contributed by atoms with Gasteiger partial charge in [-0.3, -0.25) is 4.79 Å². The molecule has 0 aliphatic heterocycles. The molecule has 2 rings (SSSR count). The smallest absolute Gasteiger partial charge is 0.238 e. The van der Waals surface area contributed by atoms with Gasteiger partial charge in [-0.15, -0.1) is 0 Å². The quantitative estimate of drug-likeness (QED) is 0.878. The lowest BCUT2D eigenvalue weighted by Gasteiger charge is -2.14. The number of rotatable bonds is 5. The van der Waals surface area contributed by atoms with Crippen LogP contribution in [0, 0.1) is 5.82 Å². The minimum atomic E-state index is -0.321. The molecule has 0 aliphatic carbocycles. The number of nitrogens with one attached hydrogen (secondary N) is 2. The van der Waals surface area contributed by atoms with Gasteiger partial charge in [-0.1, -0.05) is 30.3 Å². The summed E-state index contributed by atoms with van der Waals surface area (Å²) in [7, 11) is 0. The maximum atomic E-state index is 12.7. The van der Waals surface area contributed by atoms with Crippen LogP contribution in [-0.2, 0) is 4.79 Å². The summed E-state index contributed by atoms with van der Waals surface area (Å²) in [4.78, 5) is 11.8. The van der Waals surface area contributed by atoms with Gasteiger partial charge in [-0.25, -0.2) is 4.39 Å². The highest BCUT2D eigenvalue weighted by Gasteiger charge is 2.07. The molecule has 0 saturated heterocycles. The molecule has 1 unspecified atom stereocenters. The molecule has 20 heavy (non-hydrogen) atoms. The second-order valence-electron chi connectivity index (χ2n) is 4.57. The fourth-order valence-corrected chi connectivity index (χ4v) is 1.84. The van der Waals surface area contributed by atoms with Crippen LogP contribution < -0.4 is 10.6 Å². The summed E-state index contributed by atoms with van der Waals surface area (Å²) in [5.74, 6) is -0.474. The van der Waals surface area contributed by atoms with Gasteiger partial charge in [0.05, 0.1) is 6.54 Å². The summed E-state index contributed by atoms with van der Waals surface area (Å²) < 4.78 is 12.7. The zero-order valence-corrected chi connectivity index (χ0v) is 11.3. The van der Waals surface area contributed by atoms with E-state index >= 15 is 0 Å². The van der Waals surface area contributed by atoms with Crippen molar-refractivity contribution in [3.8, 4) is 0 Å². The zero-order chi connectivity index (χ0) is 14.4. The Hall–Kier alpha value is -2.20. The third kappa shape index (κ3) is 4.17. The van der Waals surface area contributed by atoms with Crippen LogP contribution >= 0.6 is 0 Å². The average Bonchev–Trinajstić information content (AvgIpc) is 2.48. The number of hydrogen-bond donors (Lipinski definition) is 2. The number of carbonyl (C=O) groups excluding carboxylic acids is 1. The summed E-state index contributed by atoms with van der Waals surface area (Å²) in [5.41, 5.74) is 1.72. The van der Waals surface area contributed by atoms with Crippen LogP contribution in [0.3, 0.4) is 0 Å². The van der Waals surface area contributed by atoms with Crippen LogP contribution in [0.5, 0.6) is 0 Å². The van der Waals surface area contributed by atoms with Crippen LogP contribution in [0.25, 0.3) is 0 Å². The molecular formula is C16H17FN2O. The van der Waals surface area contributed by atoms with Gasteiger partial charge in [0, 0.05) is 11.7 Å². The molecule has 2 aromatic rings. The van der Waals surface area contributed by atoms with Crippen molar-refractivity contribution in [2.24, 2.45) is 0 Å². The van der Waals surface area contributed by atoms with Crippen molar-refractivity contribution in [1.29, 1.82) is 0 Å². The molecule has 0 saturated carbocycles. The SMILES string of the molecule is CC(NCC(=O)Nc1ccc(F)cc1)c1ccccc1. The minimum Gasteiger partial charge on any atom is -0.325 e. The van der Waals surface area contributed by atoms with E-state index in [1.807, 2.05) is 37.3 Å². The van der Waals surface area contributed by atoms with Crippen LogP contribution in [0.2, 0.25) is 0 Å². The predicted octanol–water partition coefficient (Wildman–Crippen LogP) is 3.12. The highest BCUT2D eigenvalue weighted by Crippen LogP contribution is 2.11. The lowest BCUT2D eigenvalue weighted by Crippen LogP contribution is -2.30. The van der Waals surface area contributed by atoms with Gasteiger partial charge in [-0.2, -0.15) is 0 Å².